The van der Waals surface area contributed by atoms with Gasteiger partial charge in [0.05, 0.1) is 18.8 Å². The second-order valence-corrected chi connectivity index (χ2v) is 13.3. The number of unbranched alkanes of at least 4 members (excludes halogenated alkanes) is 18. The van der Waals surface area contributed by atoms with Gasteiger partial charge in [-0.15, -0.1) is 0 Å². The Morgan fingerprint density at radius 2 is 0.917 bits per heavy atom. The van der Waals surface area contributed by atoms with Gasteiger partial charge in [0.15, 0.2) is 0 Å². The number of carbonyl (C=O) groups is 1. The Morgan fingerprint density at radius 3 is 1.38 bits per heavy atom. The van der Waals surface area contributed by atoms with Crippen molar-refractivity contribution < 1.29 is 15.0 Å². The maximum absolute atomic E-state index is 12.3. The van der Waals surface area contributed by atoms with E-state index in [9.17, 15) is 15.0 Å². The number of allylic oxidation sites excluding steroid dienone is 11. The zero-order valence-electron chi connectivity index (χ0n) is 31.5. The van der Waals surface area contributed by atoms with Crippen molar-refractivity contribution in [2.24, 2.45) is 0 Å². The topological polar surface area (TPSA) is 69.6 Å². The summed E-state index contributed by atoms with van der Waals surface area (Å²) in [6.07, 6.45) is 55.6. The summed E-state index contributed by atoms with van der Waals surface area (Å²) in [7, 11) is 0. The van der Waals surface area contributed by atoms with Crippen molar-refractivity contribution in [3.63, 3.8) is 0 Å². The van der Waals surface area contributed by atoms with Crippen LogP contribution in [0.3, 0.4) is 0 Å². The number of amides is 1. The second kappa shape index (κ2) is 39.3. The summed E-state index contributed by atoms with van der Waals surface area (Å²) in [6, 6.07) is -0.631. The Labute approximate surface area is 298 Å². The Balaban J connectivity index is 3.66. The van der Waals surface area contributed by atoms with Crippen molar-refractivity contribution >= 4 is 5.91 Å². The van der Waals surface area contributed by atoms with Crippen LogP contribution in [0.25, 0.3) is 0 Å². The van der Waals surface area contributed by atoms with Gasteiger partial charge in [0.25, 0.3) is 0 Å². The van der Waals surface area contributed by atoms with E-state index in [0.29, 0.717) is 6.42 Å². The number of carbonyl (C=O) groups excluding carboxylic acids is 1. The molecule has 4 heteroatoms. The smallest absolute Gasteiger partial charge is 0.220 e. The molecule has 0 aliphatic rings. The van der Waals surface area contributed by atoms with E-state index in [1.165, 1.54) is 89.9 Å². The van der Waals surface area contributed by atoms with E-state index in [1.54, 1.807) is 6.08 Å². The van der Waals surface area contributed by atoms with E-state index in [-0.39, 0.29) is 12.5 Å². The van der Waals surface area contributed by atoms with Crippen LogP contribution in [0.5, 0.6) is 0 Å². The van der Waals surface area contributed by atoms with Crippen LogP contribution in [-0.2, 0) is 4.79 Å². The normalized spacial score (nSPS) is 13.8. The van der Waals surface area contributed by atoms with Gasteiger partial charge >= 0.3 is 0 Å². The second-order valence-electron chi connectivity index (χ2n) is 13.3. The van der Waals surface area contributed by atoms with Gasteiger partial charge in [0, 0.05) is 6.42 Å². The Morgan fingerprint density at radius 1 is 0.521 bits per heavy atom. The number of nitrogens with one attached hydrogen (secondary N) is 1. The van der Waals surface area contributed by atoms with E-state index in [1.807, 2.05) is 6.08 Å². The Bertz CT molecular complexity index is 853. The molecule has 48 heavy (non-hydrogen) atoms. The van der Waals surface area contributed by atoms with Gasteiger partial charge in [-0.05, 0) is 64.2 Å². The van der Waals surface area contributed by atoms with Gasteiger partial charge in [0.1, 0.15) is 0 Å². The summed E-state index contributed by atoms with van der Waals surface area (Å²) >= 11 is 0. The van der Waals surface area contributed by atoms with Crippen LogP contribution in [0, 0.1) is 0 Å². The highest BCUT2D eigenvalue weighted by Crippen LogP contribution is 2.13. The summed E-state index contributed by atoms with van der Waals surface area (Å²) in [6.45, 7) is 4.17. The van der Waals surface area contributed by atoms with E-state index in [2.05, 4.69) is 79.9 Å². The lowest BCUT2D eigenvalue weighted by Gasteiger charge is -2.20. The first kappa shape index (κ1) is 45.8. The number of rotatable bonds is 35. The summed E-state index contributed by atoms with van der Waals surface area (Å²) in [5.41, 5.74) is 0. The monoisotopic (exact) mass is 668 g/mol. The summed E-state index contributed by atoms with van der Waals surface area (Å²) in [5.74, 6) is -0.0797. The minimum Gasteiger partial charge on any atom is -0.394 e. The van der Waals surface area contributed by atoms with E-state index in [0.717, 1.165) is 70.6 Å². The molecule has 0 aromatic carbocycles. The lowest BCUT2D eigenvalue weighted by molar-refractivity contribution is -0.123. The van der Waals surface area contributed by atoms with Gasteiger partial charge in [0.2, 0.25) is 5.91 Å². The molecule has 0 radical (unpaired) electrons. The average molecular weight is 668 g/mol. The highest BCUT2D eigenvalue weighted by atomic mass is 16.3. The molecular formula is C44H77NO3. The fourth-order valence-corrected chi connectivity index (χ4v) is 5.61. The predicted octanol–water partition coefficient (Wildman–Crippen LogP) is 12.3. The molecule has 0 heterocycles. The molecule has 2 unspecified atom stereocenters. The van der Waals surface area contributed by atoms with Crippen LogP contribution in [0.15, 0.2) is 72.9 Å². The van der Waals surface area contributed by atoms with Gasteiger partial charge in [-0.2, -0.15) is 0 Å². The van der Waals surface area contributed by atoms with Crippen LogP contribution in [0.2, 0.25) is 0 Å². The molecule has 3 N–H and O–H groups in total. The van der Waals surface area contributed by atoms with Gasteiger partial charge < -0.3 is 15.5 Å². The third kappa shape index (κ3) is 35.1. The number of aliphatic hydroxyl groups is 2. The third-order valence-corrected chi connectivity index (χ3v) is 8.70. The molecule has 4 nitrogen and oxygen atoms in total. The summed E-state index contributed by atoms with van der Waals surface area (Å²) in [5, 5.41) is 22.9. The van der Waals surface area contributed by atoms with Crippen LogP contribution in [0.1, 0.15) is 181 Å². The zero-order chi connectivity index (χ0) is 35.0. The Hall–Kier alpha value is -2.17. The van der Waals surface area contributed by atoms with Crippen molar-refractivity contribution in [1.29, 1.82) is 0 Å². The fourth-order valence-electron chi connectivity index (χ4n) is 5.61. The highest BCUT2D eigenvalue weighted by Gasteiger charge is 2.17. The molecule has 0 bridgehead atoms. The van der Waals surface area contributed by atoms with Crippen LogP contribution in [0.4, 0.5) is 0 Å². The molecule has 0 aromatic heterocycles. The van der Waals surface area contributed by atoms with Gasteiger partial charge in [-0.1, -0.05) is 183 Å². The van der Waals surface area contributed by atoms with Crippen molar-refractivity contribution in [3.05, 3.63) is 72.9 Å². The third-order valence-electron chi connectivity index (χ3n) is 8.70. The van der Waals surface area contributed by atoms with Gasteiger partial charge in [-0.25, -0.2) is 0 Å². The highest BCUT2D eigenvalue weighted by molar-refractivity contribution is 5.76. The molecular weight excluding hydrogens is 590 g/mol. The molecule has 0 aromatic rings. The number of aliphatic hydroxyl groups excluding tert-OH is 2. The minimum absolute atomic E-state index is 0.0797. The molecule has 0 saturated heterocycles. The Kier molecular flexibility index (Phi) is 37.5. The van der Waals surface area contributed by atoms with Crippen LogP contribution in [-0.4, -0.2) is 34.9 Å². The number of hydrogen-bond acceptors (Lipinski definition) is 3. The van der Waals surface area contributed by atoms with E-state index >= 15 is 0 Å². The molecule has 0 aliphatic heterocycles. The molecule has 1 amide bonds. The zero-order valence-corrected chi connectivity index (χ0v) is 31.5. The van der Waals surface area contributed by atoms with E-state index in [4.69, 9.17) is 0 Å². The van der Waals surface area contributed by atoms with Crippen LogP contribution < -0.4 is 5.32 Å². The predicted molar refractivity (Wildman–Crippen MR) is 211 cm³/mol. The SMILES string of the molecule is CC/C=C\C/C=C\C/C=C\C/C=C\C/C=C\CCCCCCCCCC(=O)NC(CO)C(O)/C=C/CCCCCCCCCCCCC. The van der Waals surface area contributed by atoms with Crippen molar-refractivity contribution in [1.82, 2.24) is 5.32 Å². The van der Waals surface area contributed by atoms with Crippen molar-refractivity contribution in [2.45, 2.75) is 193 Å². The first-order valence-electron chi connectivity index (χ1n) is 20.2. The summed E-state index contributed by atoms with van der Waals surface area (Å²) in [4.78, 5) is 12.3. The molecule has 0 fully saturated rings. The quantitative estimate of drug-likeness (QED) is 0.0465. The van der Waals surface area contributed by atoms with Crippen molar-refractivity contribution in [2.75, 3.05) is 6.61 Å². The number of hydrogen-bond donors (Lipinski definition) is 3. The molecule has 276 valence electrons. The molecule has 0 saturated carbocycles. The first-order valence-corrected chi connectivity index (χ1v) is 20.2. The first-order chi connectivity index (χ1) is 23.7. The molecule has 0 spiro atoms. The minimum atomic E-state index is -0.846. The van der Waals surface area contributed by atoms with E-state index < -0.39 is 12.1 Å². The molecule has 0 rings (SSSR count). The van der Waals surface area contributed by atoms with Crippen molar-refractivity contribution in [3.8, 4) is 0 Å². The maximum Gasteiger partial charge on any atom is 0.220 e. The largest absolute Gasteiger partial charge is 0.394 e. The van der Waals surface area contributed by atoms with Crippen LogP contribution >= 0.6 is 0 Å². The lowest BCUT2D eigenvalue weighted by Crippen LogP contribution is -2.45. The maximum atomic E-state index is 12.3. The summed E-state index contributed by atoms with van der Waals surface area (Å²) < 4.78 is 0. The van der Waals surface area contributed by atoms with Gasteiger partial charge in [-0.3, -0.25) is 4.79 Å². The average Bonchev–Trinajstić information content (AvgIpc) is 3.09. The standard InChI is InChI=1S/C44H77NO3/c1-3-5-7-9-11-13-15-17-18-19-20-21-22-23-24-25-26-28-30-32-34-36-38-40-44(48)45-42(41-46)43(47)39-37-35-33-31-29-27-16-14-12-10-8-6-4-2/h5,7,11,13,17-18,20-21,23-24,37,39,42-43,46-47H,3-4,6,8-10,12,14-16,19,22,25-36,38,40-41H2,1-2H3,(H,45,48)/b7-5-,13-11-,18-17-,21-20-,24-23-,39-37+. The molecule has 2 atom stereocenters. The molecule has 0 aliphatic carbocycles. The lowest BCUT2D eigenvalue weighted by atomic mass is 10.0. The fraction of sp³-hybridized carbons (Fsp3) is 0.705.